The van der Waals surface area contributed by atoms with Gasteiger partial charge in [0, 0.05) is 4.91 Å². The van der Waals surface area contributed by atoms with Gasteiger partial charge in [-0.05, 0) is 36.6 Å². The monoisotopic (exact) mass is 235 g/mol. The summed E-state index contributed by atoms with van der Waals surface area (Å²) in [6, 6.07) is 7.23. The van der Waals surface area contributed by atoms with Crippen LogP contribution >= 0.6 is 0 Å². The Hall–Kier alpha value is -1.71. The number of ether oxygens (including phenoxy) is 1. The molecule has 0 aliphatic carbocycles. The topological polar surface area (TPSA) is 78.2 Å². The Morgan fingerprint density at radius 1 is 1.47 bits per heavy atom. The minimum atomic E-state index is -1.13. The lowest BCUT2D eigenvalue weighted by Crippen LogP contribution is -2.28. The van der Waals surface area contributed by atoms with Crippen LogP contribution in [0.3, 0.4) is 0 Å². The van der Waals surface area contributed by atoms with Gasteiger partial charge in [0.25, 0.3) is 0 Å². The summed E-state index contributed by atoms with van der Waals surface area (Å²) < 4.78 is 5.38. The third-order valence-electron chi connectivity index (χ3n) is 2.66. The Morgan fingerprint density at radius 3 is 2.82 bits per heavy atom. The molecule has 0 radical (unpaired) electrons. The molecule has 0 fully saturated rings. The second-order valence-corrected chi connectivity index (χ2v) is 3.73. The largest absolute Gasteiger partial charge is 0.494 e. The van der Waals surface area contributed by atoms with Gasteiger partial charge in [0.1, 0.15) is 5.75 Å². The van der Waals surface area contributed by atoms with E-state index in [2.05, 4.69) is 10.0 Å². The number of nitrogens with zero attached hydrogens (tertiary/aromatic N) is 3. The minimum Gasteiger partial charge on any atom is -0.494 e. The molecule has 0 spiro atoms. The highest BCUT2D eigenvalue weighted by atomic mass is 16.5. The van der Waals surface area contributed by atoms with E-state index in [0.29, 0.717) is 24.3 Å². The second kappa shape index (κ2) is 6.13. The third kappa shape index (κ3) is 3.37. The fraction of sp³-hybridized carbons (Fsp3) is 0.500. The Kier molecular flexibility index (Phi) is 4.82. The zero-order valence-corrected chi connectivity index (χ0v) is 10.1. The van der Waals surface area contributed by atoms with Crippen molar-refractivity contribution in [2.24, 2.45) is 5.11 Å². The van der Waals surface area contributed by atoms with E-state index in [4.69, 9.17) is 10.3 Å². The van der Waals surface area contributed by atoms with Crippen LogP contribution in [-0.4, -0.2) is 18.3 Å². The third-order valence-corrected chi connectivity index (χ3v) is 2.66. The van der Waals surface area contributed by atoms with E-state index in [9.17, 15) is 5.11 Å². The molecule has 1 aromatic carbocycles. The first kappa shape index (κ1) is 13.4. The van der Waals surface area contributed by atoms with E-state index in [1.807, 2.05) is 26.0 Å². The molecular weight excluding hydrogens is 218 g/mol. The Labute approximate surface area is 101 Å². The highest BCUT2D eigenvalue weighted by Crippen LogP contribution is 2.28. The van der Waals surface area contributed by atoms with Crippen LogP contribution in [0.2, 0.25) is 0 Å². The lowest BCUT2D eigenvalue weighted by atomic mass is 9.91. The summed E-state index contributed by atoms with van der Waals surface area (Å²) in [5.41, 5.74) is 7.91. The first-order chi connectivity index (χ1) is 8.16. The molecule has 1 N–H and O–H groups in total. The summed E-state index contributed by atoms with van der Waals surface area (Å²) in [5.74, 6) is 0.706. The first-order valence-electron chi connectivity index (χ1n) is 5.63. The SMILES string of the molecule is CCOc1cccc([C@@](O)(CC)CN=[N+]=[N-])c1. The van der Waals surface area contributed by atoms with Crippen LogP contribution in [0.25, 0.3) is 10.4 Å². The lowest BCUT2D eigenvalue weighted by molar-refractivity contribution is 0.0417. The number of rotatable bonds is 6. The van der Waals surface area contributed by atoms with Crippen LogP contribution in [-0.2, 0) is 5.60 Å². The summed E-state index contributed by atoms with van der Waals surface area (Å²) in [4.78, 5) is 2.69. The molecule has 0 saturated heterocycles. The average molecular weight is 235 g/mol. The van der Waals surface area contributed by atoms with Crippen molar-refractivity contribution in [3.05, 3.63) is 40.3 Å². The summed E-state index contributed by atoms with van der Waals surface area (Å²) in [6.45, 7) is 4.35. The Morgan fingerprint density at radius 2 is 2.24 bits per heavy atom. The summed E-state index contributed by atoms with van der Waals surface area (Å²) >= 11 is 0. The molecule has 1 atom stereocenters. The molecule has 0 aliphatic rings. The van der Waals surface area contributed by atoms with Crippen molar-refractivity contribution in [3.63, 3.8) is 0 Å². The summed E-state index contributed by atoms with van der Waals surface area (Å²) in [6.07, 6.45) is 0.474. The maximum absolute atomic E-state index is 10.4. The van der Waals surface area contributed by atoms with E-state index >= 15 is 0 Å². The predicted molar refractivity (Wildman–Crippen MR) is 65.8 cm³/mol. The standard InChI is InChI=1S/C12H17N3O2/c1-3-12(16,9-14-15-13)10-6-5-7-11(8-10)17-4-2/h5-8,16H,3-4,9H2,1-2H3/t12-/m1/s1. The fourth-order valence-electron chi connectivity index (χ4n) is 1.60. The van der Waals surface area contributed by atoms with Crippen molar-refractivity contribution in [2.75, 3.05) is 13.2 Å². The van der Waals surface area contributed by atoms with Gasteiger partial charge in [-0.3, -0.25) is 0 Å². The molecule has 17 heavy (non-hydrogen) atoms. The summed E-state index contributed by atoms with van der Waals surface area (Å²) in [7, 11) is 0. The highest BCUT2D eigenvalue weighted by Gasteiger charge is 2.26. The van der Waals surface area contributed by atoms with Crippen LogP contribution in [0.1, 0.15) is 25.8 Å². The van der Waals surface area contributed by atoms with Gasteiger partial charge in [-0.1, -0.05) is 24.2 Å². The van der Waals surface area contributed by atoms with Gasteiger partial charge in [-0.15, -0.1) is 0 Å². The van der Waals surface area contributed by atoms with Gasteiger partial charge < -0.3 is 9.84 Å². The smallest absolute Gasteiger partial charge is 0.119 e. The highest BCUT2D eigenvalue weighted by molar-refractivity contribution is 5.32. The fourth-order valence-corrected chi connectivity index (χ4v) is 1.60. The van der Waals surface area contributed by atoms with Gasteiger partial charge in [-0.25, -0.2) is 0 Å². The van der Waals surface area contributed by atoms with E-state index in [-0.39, 0.29) is 6.54 Å². The van der Waals surface area contributed by atoms with Crippen molar-refractivity contribution in [1.29, 1.82) is 0 Å². The number of aliphatic hydroxyl groups is 1. The van der Waals surface area contributed by atoms with Crippen molar-refractivity contribution in [2.45, 2.75) is 25.9 Å². The van der Waals surface area contributed by atoms with E-state index < -0.39 is 5.60 Å². The van der Waals surface area contributed by atoms with Crippen LogP contribution < -0.4 is 4.74 Å². The average Bonchev–Trinajstić information content (AvgIpc) is 2.37. The van der Waals surface area contributed by atoms with E-state index in [1.54, 1.807) is 12.1 Å². The molecule has 92 valence electrons. The molecule has 0 aliphatic heterocycles. The normalized spacial score (nSPS) is 13.6. The Bertz CT molecular complexity index is 416. The number of benzene rings is 1. The molecule has 5 heteroatoms. The minimum absolute atomic E-state index is 0.0234. The van der Waals surface area contributed by atoms with Gasteiger partial charge in [0.15, 0.2) is 0 Å². The molecule has 0 saturated carbocycles. The quantitative estimate of drug-likeness (QED) is 0.467. The van der Waals surface area contributed by atoms with E-state index in [1.165, 1.54) is 0 Å². The predicted octanol–water partition coefficient (Wildman–Crippen LogP) is 2.99. The second-order valence-electron chi connectivity index (χ2n) is 3.73. The number of hydrogen-bond donors (Lipinski definition) is 1. The van der Waals surface area contributed by atoms with Crippen LogP contribution in [0, 0.1) is 0 Å². The zero-order chi connectivity index (χ0) is 12.7. The molecule has 5 nitrogen and oxygen atoms in total. The maximum atomic E-state index is 10.4. The molecule has 0 heterocycles. The number of azide groups is 1. The van der Waals surface area contributed by atoms with Crippen molar-refractivity contribution < 1.29 is 9.84 Å². The molecule has 1 aromatic rings. The van der Waals surface area contributed by atoms with Gasteiger partial charge in [0.2, 0.25) is 0 Å². The van der Waals surface area contributed by atoms with Crippen molar-refractivity contribution in [1.82, 2.24) is 0 Å². The number of hydrogen-bond acceptors (Lipinski definition) is 3. The lowest BCUT2D eigenvalue weighted by Gasteiger charge is -2.25. The zero-order valence-electron chi connectivity index (χ0n) is 10.1. The van der Waals surface area contributed by atoms with Crippen molar-refractivity contribution >= 4 is 0 Å². The van der Waals surface area contributed by atoms with Crippen LogP contribution in [0.4, 0.5) is 0 Å². The Balaban J connectivity index is 3.01. The molecule has 0 bridgehead atoms. The molecule has 1 rings (SSSR count). The molecule has 0 unspecified atom stereocenters. The molecule has 0 aromatic heterocycles. The van der Waals surface area contributed by atoms with Crippen molar-refractivity contribution in [3.8, 4) is 5.75 Å². The molecular formula is C12H17N3O2. The van der Waals surface area contributed by atoms with E-state index in [0.717, 1.165) is 0 Å². The summed E-state index contributed by atoms with van der Waals surface area (Å²) in [5, 5.41) is 13.9. The van der Waals surface area contributed by atoms with Crippen LogP contribution in [0.5, 0.6) is 5.75 Å². The van der Waals surface area contributed by atoms with Gasteiger partial charge >= 0.3 is 0 Å². The molecule has 0 amide bonds. The van der Waals surface area contributed by atoms with Crippen LogP contribution in [0.15, 0.2) is 29.4 Å². The maximum Gasteiger partial charge on any atom is 0.119 e. The first-order valence-corrected chi connectivity index (χ1v) is 5.63. The van der Waals surface area contributed by atoms with Gasteiger partial charge in [0.05, 0.1) is 18.8 Å². The van der Waals surface area contributed by atoms with Gasteiger partial charge in [-0.2, -0.15) is 0 Å².